The van der Waals surface area contributed by atoms with Crippen molar-refractivity contribution in [1.82, 2.24) is 5.43 Å². The minimum atomic E-state index is -0.175. The van der Waals surface area contributed by atoms with Crippen LogP contribution in [-0.4, -0.2) is 19.3 Å². The number of benzene rings is 1. The topological polar surface area (TPSA) is 24.5 Å². The Bertz CT molecular complexity index is 423. The highest BCUT2D eigenvalue weighted by Gasteiger charge is 2.29. The van der Waals surface area contributed by atoms with Crippen LogP contribution in [0, 0.1) is 5.82 Å². The van der Waals surface area contributed by atoms with E-state index in [2.05, 4.69) is 33.0 Å². The summed E-state index contributed by atoms with van der Waals surface area (Å²) in [4.78, 5) is 0. The SMILES string of the molecule is Fc1ccc2c(c1)C(I)NN2CC1CCCO1. The highest BCUT2D eigenvalue weighted by molar-refractivity contribution is 14.1. The van der Waals surface area contributed by atoms with Gasteiger partial charge in [0, 0.05) is 12.2 Å². The fourth-order valence-electron chi connectivity index (χ4n) is 2.39. The Kier molecular flexibility index (Phi) is 3.23. The summed E-state index contributed by atoms with van der Waals surface area (Å²) in [5, 5.41) is 2.09. The molecule has 0 amide bonds. The van der Waals surface area contributed by atoms with Crippen LogP contribution >= 0.6 is 22.6 Å². The van der Waals surface area contributed by atoms with Gasteiger partial charge in [-0.15, -0.1) is 0 Å². The largest absolute Gasteiger partial charge is 0.376 e. The third-order valence-electron chi connectivity index (χ3n) is 3.23. The molecule has 3 rings (SSSR count). The molecule has 0 aromatic heterocycles. The van der Waals surface area contributed by atoms with Gasteiger partial charge in [0.05, 0.1) is 18.3 Å². The standard InChI is InChI=1S/C12H14FIN2O/c13-8-3-4-11-10(6-8)12(14)15-16(11)7-9-2-1-5-17-9/h3-4,6,9,12,15H,1-2,5,7H2. The Morgan fingerprint density at radius 1 is 1.53 bits per heavy atom. The number of nitrogens with one attached hydrogen (secondary N) is 1. The summed E-state index contributed by atoms with van der Waals surface area (Å²) < 4.78 is 19.0. The highest BCUT2D eigenvalue weighted by Crippen LogP contribution is 2.37. The lowest BCUT2D eigenvalue weighted by atomic mass is 10.2. The number of fused-ring (bicyclic) bond motifs is 1. The van der Waals surface area contributed by atoms with Crippen LogP contribution in [0.2, 0.25) is 0 Å². The first-order chi connectivity index (χ1) is 8.24. The first-order valence-corrected chi connectivity index (χ1v) is 7.07. The van der Waals surface area contributed by atoms with Crippen LogP contribution in [0.4, 0.5) is 10.1 Å². The first-order valence-electron chi connectivity index (χ1n) is 5.83. The first kappa shape index (κ1) is 11.7. The average molecular weight is 348 g/mol. The Hall–Kier alpha value is -0.400. The lowest BCUT2D eigenvalue weighted by Crippen LogP contribution is -2.39. The molecule has 1 aromatic rings. The summed E-state index contributed by atoms with van der Waals surface area (Å²) in [6.07, 6.45) is 2.55. The van der Waals surface area contributed by atoms with E-state index in [0.29, 0.717) is 6.10 Å². The quantitative estimate of drug-likeness (QED) is 0.505. The van der Waals surface area contributed by atoms with Gasteiger partial charge in [-0.1, -0.05) is 22.6 Å². The maximum absolute atomic E-state index is 13.2. The van der Waals surface area contributed by atoms with E-state index < -0.39 is 0 Å². The van der Waals surface area contributed by atoms with Gasteiger partial charge in [0.1, 0.15) is 9.87 Å². The van der Waals surface area contributed by atoms with Gasteiger partial charge in [0.25, 0.3) is 0 Å². The molecule has 1 aromatic carbocycles. The number of rotatable bonds is 2. The molecule has 2 atom stereocenters. The summed E-state index contributed by atoms with van der Waals surface area (Å²) in [6.45, 7) is 1.70. The molecule has 2 unspecified atom stereocenters. The molecule has 2 heterocycles. The second-order valence-corrected chi connectivity index (χ2v) is 5.69. The van der Waals surface area contributed by atoms with Crippen LogP contribution in [0.15, 0.2) is 18.2 Å². The highest BCUT2D eigenvalue weighted by atomic mass is 127. The van der Waals surface area contributed by atoms with E-state index in [1.54, 1.807) is 6.07 Å². The number of hydrogen-bond acceptors (Lipinski definition) is 3. The van der Waals surface area contributed by atoms with Crippen molar-refractivity contribution in [2.75, 3.05) is 18.2 Å². The predicted octanol–water partition coefficient (Wildman–Crippen LogP) is 2.76. The molecule has 92 valence electrons. The van der Waals surface area contributed by atoms with Crippen molar-refractivity contribution < 1.29 is 9.13 Å². The normalized spacial score (nSPS) is 27.5. The second kappa shape index (κ2) is 4.70. The molecule has 2 aliphatic heterocycles. The minimum Gasteiger partial charge on any atom is -0.376 e. The van der Waals surface area contributed by atoms with Crippen molar-refractivity contribution >= 4 is 28.3 Å². The monoisotopic (exact) mass is 348 g/mol. The van der Waals surface area contributed by atoms with Crippen molar-refractivity contribution in [2.45, 2.75) is 23.0 Å². The summed E-state index contributed by atoms with van der Waals surface area (Å²) >= 11 is 2.28. The van der Waals surface area contributed by atoms with Crippen molar-refractivity contribution in [2.24, 2.45) is 0 Å². The van der Waals surface area contributed by atoms with Crippen molar-refractivity contribution in [3.63, 3.8) is 0 Å². The lowest BCUT2D eigenvalue weighted by Gasteiger charge is -2.23. The molecule has 0 spiro atoms. The molecule has 1 N–H and O–H groups in total. The van der Waals surface area contributed by atoms with Crippen LogP contribution < -0.4 is 10.4 Å². The molecule has 0 bridgehead atoms. The zero-order valence-electron chi connectivity index (χ0n) is 9.33. The summed E-state index contributed by atoms with van der Waals surface area (Å²) in [6, 6.07) is 4.96. The molecule has 5 heteroatoms. The predicted molar refractivity (Wildman–Crippen MR) is 72.6 cm³/mol. The van der Waals surface area contributed by atoms with Crippen LogP contribution in [0.5, 0.6) is 0 Å². The number of nitrogens with zero attached hydrogens (tertiary/aromatic N) is 1. The Morgan fingerprint density at radius 2 is 2.41 bits per heavy atom. The van der Waals surface area contributed by atoms with Gasteiger partial charge in [-0.05, 0) is 31.0 Å². The van der Waals surface area contributed by atoms with Gasteiger partial charge in [-0.3, -0.25) is 0 Å². The van der Waals surface area contributed by atoms with E-state index in [9.17, 15) is 4.39 Å². The van der Waals surface area contributed by atoms with Gasteiger partial charge >= 0.3 is 0 Å². The van der Waals surface area contributed by atoms with Crippen LogP contribution in [0.1, 0.15) is 22.5 Å². The molecule has 3 nitrogen and oxygen atoms in total. The van der Waals surface area contributed by atoms with E-state index in [-0.39, 0.29) is 9.87 Å². The summed E-state index contributed by atoms with van der Waals surface area (Å²) in [5.74, 6) is -0.175. The molecule has 0 radical (unpaired) electrons. The van der Waals surface area contributed by atoms with E-state index in [4.69, 9.17) is 4.74 Å². The van der Waals surface area contributed by atoms with E-state index in [0.717, 1.165) is 37.2 Å². The van der Waals surface area contributed by atoms with Crippen molar-refractivity contribution in [1.29, 1.82) is 0 Å². The Morgan fingerprint density at radius 3 is 3.18 bits per heavy atom. The Labute approximate surface area is 113 Å². The van der Waals surface area contributed by atoms with E-state index >= 15 is 0 Å². The maximum atomic E-state index is 13.2. The van der Waals surface area contributed by atoms with Gasteiger partial charge < -0.3 is 9.75 Å². The maximum Gasteiger partial charge on any atom is 0.123 e. The fourth-order valence-corrected chi connectivity index (χ4v) is 3.23. The van der Waals surface area contributed by atoms with Crippen LogP contribution in [0.25, 0.3) is 0 Å². The van der Waals surface area contributed by atoms with Crippen molar-refractivity contribution in [3.05, 3.63) is 29.6 Å². The molecule has 0 aliphatic carbocycles. The molecule has 2 aliphatic rings. The second-order valence-electron chi connectivity index (χ2n) is 4.44. The van der Waals surface area contributed by atoms with Gasteiger partial charge in [-0.2, -0.15) is 0 Å². The molecule has 1 saturated heterocycles. The number of alkyl halides is 1. The Balaban J connectivity index is 1.80. The lowest BCUT2D eigenvalue weighted by molar-refractivity contribution is 0.114. The summed E-state index contributed by atoms with van der Waals surface area (Å²) in [5.41, 5.74) is 5.43. The van der Waals surface area contributed by atoms with Gasteiger partial charge in [-0.25, -0.2) is 9.82 Å². The zero-order chi connectivity index (χ0) is 11.8. The summed E-state index contributed by atoms with van der Waals surface area (Å²) in [7, 11) is 0. The molecule has 1 fully saturated rings. The van der Waals surface area contributed by atoms with Gasteiger partial charge in [0.15, 0.2) is 0 Å². The molecular formula is C12H14FIN2O. The number of halogens is 2. The third-order valence-corrected chi connectivity index (χ3v) is 4.18. The van der Waals surface area contributed by atoms with Gasteiger partial charge in [0.2, 0.25) is 0 Å². The molecular weight excluding hydrogens is 334 g/mol. The average Bonchev–Trinajstić information content (AvgIpc) is 2.89. The van der Waals surface area contributed by atoms with E-state index in [1.807, 2.05) is 6.07 Å². The number of hydrazine groups is 1. The number of anilines is 1. The zero-order valence-corrected chi connectivity index (χ0v) is 11.5. The van der Waals surface area contributed by atoms with Crippen LogP contribution in [-0.2, 0) is 4.74 Å². The fraction of sp³-hybridized carbons (Fsp3) is 0.500. The minimum absolute atomic E-state index is 0.139. The molecule has 17 heavy (non-hydrogen) atoms. The third kappa shape index (κ3) is 2.28. The van der Waals surface area contributed by atoms with E-state index in [1.165, 1.54) is 6.07 Å². The number of hydrogen-bond donors (Lipinski definition) is 1. The smallest absolute Gasteiger partial charge is 0.123 e. The van der Waals surface area contributed by atoms with Crippen LogP contribution in [0.3, 0.4) is 0 Å². The molecule has 0 saturated carbocycles. The van der Waals surface area contributed by atoms with Crippen molar-refractivity contribution in [3.8, 4) is 0 Å². The number of ether oxygens (including phenoxy) is 1.